The summed E-state index contributed by atoms with van der Waals surface area (Å²) in [5.74, 6) is 0.429. The lowest BCUT2D eigenvalue weighted by atomic mass is 10.3. The number of nitrogens with one attached hydrogen (secondary N) is 2. The number of urea groups is 1. The Kier molecular flexibility index (Phi) is 8.65. The first-order chi connectivity index (χ1) is 10.6. The van der Waals surface area contributed by atoms with Gasteiger partial charge in [0.1, 0.15) is 6.61 Å². The van der Waals surface area contributed by atoms with Crippen LogP contribution in [0, 0.1) is 0 Å². The predicted octanol–water partition coefficient (Wildman–Crippen LogP) is 2.91. The quantitative estimate of drug-likeness (QED) is 0.683. The molecule has 7 heteroatoms. The molecule has 6 nitrogen and oxygen atoms in total. The van der Waals surface area contributed by atoms with Gasteiger partial charge in [0.25, 0.3) is 0 Å². The van der Waals surface area contributed by atoms with Gasteiger partial charge in [-0.2, -0.15) is 0 Å². The van der Waals surface area contributed by atoms with Crippen molar-refractivity contribution in [3.63, 3.8) is 0 Å². The number of carbonyl (C=O) groups is 1. The topological polar surface area (TPSA) is 68.8 Å². The number of amides is 2. The van der Waals surface area contributed by atoms with Gasteiger partial charge in [0.05, 0.1) is 30.0 Å². The first-order valence-corrected chi connectivity index (χ1v) is 7.51. The number of rotatable bonds is 9. The number of carbonyl (C=O) groups excluding carboxylic acids is 1. The number of anilines is 1. The van der Waals surface area contributed by atoms with Crippen LogP contribution in [0.1, 0.15) is 13.8 Å². The van der Waals surface area contributed by atoms with Crippen molar-refractivity contribution in [2.45, 2.75) is 19.9 Å². The van der Waals surface area contributed by atoms with E-state index in [0.717, 1.165) is 0 Å². The third-order valence-electron chi connectivity index (χ3n) is 2.69. The molecule has 0 aliphatic carbocycles. The lowest BCUT2D eigenvalue weighted by Crippen LogP contribution is -2.38. The summed E-state index contributed by atoms with van der Waals surface area (Å²) >= 11 is 6.12. The van der Waals surface area contributed by atoms with Gasteiger partial charge in [-0.25, -0.2) is 4.79 Å². The van der Waals surface area contributed by atoms with Gasteiger partial charge in [-0.15, -0.1) is 0 Å². The normalized spacial score (nSPS) is 11.8. The molecule has 1 rings (SSSR count). The van der Waals surface area contributed by atoms with Crippen LogP contribution in [0.4, 0.5) is 10.5 Å². The summed E-state index contributed by atoms with van der Waals surface area (Å²) in [5.41, 5.74) is 0.506. The Balaban J connectivity index is 2.65. The van der Waals surface area contributed by atoms with E-state index in [-0.39, 0.29) is 12.1 Å². The largest absolute Gasteiger partial charge is 0.487 e. The van der Waals surface area contributed by atoms with Gasteiger partial charge in [0, 0.05) is 13.7 Å². The smallest absolute Gasteiger partial charge is 0.319 e. The Bertz CT molecular complexity index is 471. The Hall–Kier alpha value is -1.50. The number of ether oxygens (including phenoxy) is 3. The van der Waals surface area contributed by atoms with Gasteiger partial charge in [0.15, 0.2) is 5.75 Å². The van der Waals surface area contributed by atoms with Gasteiger partial charge in [-0.3, -0.25) is 0 Å². The highest BCUT2D eigenvalue weighted by Crippen LogP contribution is 2.32. The van der Waals surface area contributed by atoms with E-state index in [2.05, 4.69) is 10.6 Å². The van der Waals surface area contributed by atoms with Crippen molar-refractivity contribution in [2.75, 3.05) is 38.9 Å². The lowest BCUT2D eigenvalue weighted by molar-refractivity contribution is 0.110. The molecular formula is C15H23ClN2O4. The van der Waals surface area contributed by atoms with Crippen LogP contribution in [0.15, 0.2) is 18.2 Å². The van der Waals surface area contributed by atoms with Crippen molar-refractivity contribution in [3.05, 3.63) is 23.2 Å². The SMILES string of the molecule is CCOCCOc1c(Cl)cccc1NC(=O)NC(C)COC. The third kappa shape index (κ3) is 6.51. The molecule has 124 valence electrons. The van der Waals surface area contributed by atoms with Crippen molar-refractivity contribution in [1.82, 2.24) is 5.32 Å². The summed E-state index contributed by atoms with van der Waals surface area (Å²) < 4.78 is 15.8. The highest BCUT2D eigenvalue weighted by atomic mass is 35.5. The Labute approximate surface area is 136 Å². The Morgan fingerprint density at radius 3 is 2.82 bits per heavy atom. The summed E-state index contributed by atoms with van der Waals surface area (Å²) in [6.07, 6.45) is 0. The van der Waals surface area contributed by atoms with Crippen LogP contribution < -0.4 is 15.4 Å². The summed E-state index contributed by atoms with van der Waals surface area (Å²) in [5, 5.41) is 5.91. The number of benzene rings is 1. The van der Waals surface area contributed by atoms with Crippen molar-refractivity contribution < 1.29 is 19.0 Å². The first kappa shape index (κ1) is 18.5. The molecule has 0 aliphatic rings. The molecule has 1 aromatic carbocycles. The van der Waals surface area contributed by atoms with E-state index in [0.29, 0.717) is 42.9 Å². The maximum absolute atomic E-state index is 11.9. The number of halogens is 1. The minimum atomic E-state index is -0.346. The van der Waals surface area contributed by atoms with Crippen molar-refractivity contribution in [1.29, 1.82) is 0 Å². The van der Waals surface area contributed by atoms with E-state index >= 15 is 0 Å². The second-order valence-electron chi connectivity index (χ2n) is 4.62. The molecule has 0 radical (unpaired) electrons. The molecule has 0 bridgehead atoms. The summed E-state index contributed by atoms with van der Waals surface area (Å²) in [6.45, 7) is 5.62. The zero-order chi connectivity index (χ0) is 16.4. The van der Waals surface area contributed by atoms with Gasteiger partial charge in [-0.05, 0) is 26.0 Å². The fraction of sp³-hybridized carbons (Fsp3) is 0.533. The predicted molar refractivity (Wildman–Crippen MR) is 86.9 cm³/mol. The number of hydrogen-bond donors (Lipinski definition) is 2. The standard InChI is InChI=1S/C15H23ClN2O4/c1-4-21-8-9-22-14-12(16)6-5-7-13(14)18-15(19)17-11(2)10-20-3/h5-7,11H,4,8-10H2,1-3H3,(H2,17,18,19). The monoisotopic (exact) mass is 330 g/mol. The van der Waals surface area contributed by atoms with Gasteiger partial charge >= 0.3 is 6.03 Å². The van der Waals surface area contributed by atoms with Crippen LogP contribution in [-0.2, 0) is 9.47 Å². The highest BCUT2D eigenvalue weighted by molar-refractivity contribution is 6.32. The van der Waals surface area contributed by atoms with Gasteiger partial charge < -0.3 is 24.8 Å². The number of methoxy groups -OCH3 is 1. The second kappa shape index (κ2) is 10.3. The molecule has 0 saturated heterocycles. The number of para-hydroxylation sites is 1. The molecule has 1 atom stereocenters. The second-order valence-corrected chi connectivity index (χ2v) is 5.02. The van der Waals surface area contributed by atoms with E-state index in [1.807, 2.05) is 13.8 Å². The van der Waals surface area contributed by atoms with Gasteiger partial charge in [-0.1, -0.05) is 17.7 Å². The summed E-state index contributed by atoms with van der Waals surface area (Å²) in [4.78, 5) is 11.9. The minimum Gasteiger partial charge on any atom is -0.487 e. The van der Waals surface area contributed by atoms with E-state index in [9.17, 15) is 4.79 Å². The van der Waals surface area contributed by atoms with Crippen LogP contribution in [-0.4, -0.2) is 45.6 Å². The molecule has 1 aromatic rings. The fourth-order valence-electron chi connectivity index (χ4n) is 1.77. The van der Waals surface area contributed by atoms with Crippen molar-refractivity contribution in [2.24, 2.45) is 0 Å². The maximum atomic E-state index is 11.9. The highest BCUT2D eigenvalue weighted by Gasteiger charge is 2.13. The first-order valence-electron chi connectivity index (χ1n) is 7.14. The van der Waals surface area contributed by atoms with Crippen molar-refractivity contribution >= 4 is 23.3 Å². The average Bonchev–Trinajstić information content (AvgIpc) is 2.46. The maximum Gasteiger partial charge on any atom is 0.319 e. The number of hydrogen-bond acceptors (Lipinski definition) is 4. The van der Waals surface area contributed by atoms with Crippen LogP contribution in [0.25, 0.3) is 0 Å². The molecule has 22 heavy (non-hydrogen) atoms. The van der Waals surface area contributed by atoms with Crippen LogP contribution >= 0.6 is 11.6 Å². The molecular weight excluding hydrogens is 308 g/mol. The summed E-state index contributed by atoms with van der Waals surface area (Å²) in [7, 11) is 1.58. The molecule has 0 heterocycles. The van der Waals surface area contributed by atoms with Crippen LogP contribution in [0.2, 0.25) is 5.02 Å². The fourth-order valence-corrected chi connectivity index (χ4v) is 2.00. The van der Waals surface area contributed by atoms with E-state index in [4.69, 9.17) is 25.8 Å². The summed E-state index contributed by atoms with van der Waals surface area (Å²) in [6, 6.07) is 4.72. The molecule has 0 aromatic heterocycles. The molecule has 2 amide bonds. The molecule has 0 fully saturated rings. The van der Waals surface area contributed by atoms with Crippen molar-refractivity contribution in [3.8, 4) is 5.75 Å². The zero-order valence-corrected chi connectivity index (χ0v) is 13.9. The zero-order valence-electron chi connectivity index (χ0n) is 13.1. The molecule has 2 N–H and O–H groups in total. The minimum absolute atomic E-state index is 0.105. The molecule has 0 spiro atoms. The van der Waals surface area contributed by atoms with E-state index < -0.39 is 0 Å². The Morgan fingerprint density at radius 1 is 1.36 bits per heavy atom. The Morgan fingerprint density at radius 2 is 2.14 bits per heavy atom. The molecule has 1 unspecified atom stereocenters. The molecule has 0 saturated carbocycles. The van der Waals surface area contributed by atoms with Crippen LogP contribution in [0.5, 0.6) is 5.75 Å². The van der Waals surface area contributed by atoms with Gasteiger partial charge in [0.2, 0.25) is 0 Å². The lowest BCUT2D eigenvalue weighted by Gasteiger charge is -2.16. The average molecular weight is 331 g/mol. The van der Waals surface area contributed by atoms with E-state index in [1.165, 1.54) is 0 Å². The third-order valence-corrected chi connectivity index (χ3v) is 2.99. The molecule has 0 aliphatic heterocycles. The van der Waals surface area contributed by atoms with Crippen LogP contribution in [0.3, 0.4) is 0 Å². The van der Waals surface area contributed by atoms with E-state index in [1.54, 1.807) is 25.3 Å².